The minimum absolute atomic E-state index is 0.188. The molecular formula is C17H19NO4. The van der Waals surface area contributed by atoms with E-state index in [0.717, 1.165) is 5.56 Å². The highest BCUT2D eigenvalue weighted by Crippen LogP contribution is 2.23. The molecule has 0 fully saturated rings. The van der Waals surface area contributed by atoms with E-state index >= 15 is 0 Å². The highest BCUT2D eigenvalue weighted by Gasteiger charge is 2.09. The molecule has 5 heteroatoms. The molecule has 1 aromatic heterocycles. The quantitative estimate of drug-likeness (QED) is 0.832. The Hall–Kier alpha value is -2.69. The molecule has 0 saturated heterocycles. The summed E-state index contributed by atoms with van der Waals surface area (Å²) in [7, 11) is 3.17. The van der Waals surface area contributed by atoms with Crippen LogP contribution in [0.4, 0.5) is 0 Å². The first kappa shape index (κ1) is 15.7. The fourth-order valence-corrected chi connectivity index (χ4v) is 1.97. The number of carbonyl (C=O) groups is 1. The van der Waals surface area contributed by atoms with Gasteiger partial charge in [0.1, 0.15) is 17.3 Å². The lowest BCUT2D eigenvalue weighted by Crippen LogP contribution is -2.24. The number of rotatable bonds is 6. The van der Waals surface area contributed by atoms with Crippen LogP contribution in [0.3, 0.4) is 0 Å². The summed E-state index contributed by atoms with van der Waals surface area (Å²) in [6.07, 6.45) is 4.75. The van der Waals surface area contributed by atoms with E-state index in [0.29, 0.717) is 17.3 Å². The van der Waals surface area contributed by atoms with Crippen LogP contribution in [0, 0.1) is 0 Å². The molecule has 5 nitrogen and oxygen atoms in total. The van der Waals surface area contributed by atoms with Gasteiger partial charge in [-0.3, -0.25) is 4.79 Å². The Morgan fingerprint density at radius 1 is 1.23 bits per heavy atom. The first-order valence-corrected chi connectivity index (χ1v) is 6.87. The molecule has 1 N–H and O–H groups in total. The Morgan fingerprint density at radius 3 is 2.45 bits per heavy atom. The first-order valence-electron chi connectivity index (χ1n) is 6.87. The van der Waals surface area contributed by atoms with Gasteiger partial charge in [0.25, 0.3) is 0 Å². The lowest BCUT2D eigenvalue weighted by atomic mass is 10.2. The number of methoxy groups -OCH3 is 2. The van der Waals surface area contributed by atoms with E-state index in [9.17, 15) is 4.79 Å². The number of amides is 1. The number of hydrogen-bond donors (Lipinski definition) is 1. The predicted molar refractivity (Wildman–Crippen MR) is 83.8 cm³/mol. The maximum absolute atomic E-state index is 11.9. The predicted octanol–water partition coefficient (Wildman–Crippen LogP) is 3.19. The van der Waals surface area contributed by atoms with Crippen LogP contribution in [-0.4, -0.2) is 20.1 Å². The van der Waals surface area contributed by atoms with Crippen LogP contribution in [0.5, 0.6) is 11.5 Å². The van der Waals surface area contributed by atoms with Crippen LogP contribution in [0.15, 0.2) is 47.1 Å². The zero-order valence-electron chi connectivity index (χ0n) is 12.8. The van der Waals surface area contributed by atoms with Crippen molar-refractivity contribution in [2.45, 2.75) is 13.0 Å². The van der Waals surface area contributed by atoms with Crippen LogP contribution < -0.4 is 14.8 Å². The van der Waals surface area contributed by atoms with Gasteiger partial charge in [-0.15, -0.1) is 0 Å². The van der Waals surface area contributed by atoms with Gasteiger partial charge in [0, 0.05) is 12.1 Å². The molecule has 0 bridgehead atoms. The van der Waals surface area contributed by atoms with E-state index in [1.807, 2.05) is 25.1 Å². The number of carbonyl (C=O) groups excluding carboxylic acids is 1. The summed E-state index contributed by atoms with van der Waals surface area (Å²) in [6.45, 7) is 1.86. The van der Waals surface area contributed by atoms with Gasteiger partial charge in [-0.25, -0.2) is 0 Å². The van der Waals surface area contributed by atoms with Gasteiger partial charge >= 0.3 is 0 Å². The Labute approximate surface area is 129 Å². The topological polar surface area (TPSA) is 60.7 Å². The van der Waals surface area contributed by atoms with Crippen molar-refractivity contribution in [3.8, 4) is 11.5 Å². The van der Waals surface area contributed by atoms with Gasteiger partial charge in [-0.05, 0) is 42.8 Å². The average molecular weight is 301 g/mol. The molecule has 0 radical (unpaired) electrons. The van der Waals surface area contributed by atoms with Crippen LogP contribution in [0.2, 0.25) is 0 Å². The van der Waals surface area contributed by atoms with E-state index in [-0.39, 0.29) is 11.9 Å². The maximum atomic E-state index is 11.9. The molecule has 1 aromatic carbocycles. The minimum atomic E-state index is -0.203. The van der Waals surface area contributed by atoms with Crippen molar-refractivity contribution in [3.05, 3.63) is 54.0 Å². The third-order valence-corrected chi connectivity index (χ3v) is 3.13. The smallest absolute Gasteiger partial charge is 0.244 e. The summed E-state index contributed by atoms with van der Waals surface area (Å²) in [5, 5.41) is 2.83. The second kappa shape index (κ2) is 7.36. The molecule has 0 aliphatic rings. The zero-order valence-corrected chi connectivity index (χ0v) is 12.8. The molecule has 2 rings (SSSR count). The molecule has 0 saturated carbocycles. The Morgan fingerprint density at radius 2 is 1.91 bits per heavy atom. The molecule has 1 unspecified atom stereocenters. The third-order valence-electron chi connectivity index (χ3n) is 3.13. The molecule has 1 atom stereocenters. The van der Waals surface area contributed by atoms with Gasteiger partial charge in [-0.2, -0.15) is 0 Å². The molecule has 1 heterocycles. The number of nitrogens with one attached hydrogen (secondary N) is 1. The number of furan rings is 1. The van der Waals surface area contributed by atoms with E-state index < -0.39 is 0 Å². The molecule has 0 aliphatic heterocycles. The Kier molecular flexibility index (Phi) is 5.25. The van der Waals surface area contributed by atoms with Crippen molar-refractivity contribution < 1.29 is 18.7 Å². The van der Waals surface area contributed by atoms with Crippen LogP contribution in [0.25, 0.3) is 6.08 Å². The molecule has 0 spiro atoms. The highest BCUT2D eigenvalue weighted by atomic mass is 16.5. The number of benzene rings is 1. The van der Waals surface area contributed by atoms with Crippen molar-refractivity contribution in [1.29, 1.82) is 0 Å². The Bertz CT molecular complexity index is 624. The normalized spacial score (nSPS) is 12.1. The second-order valence-corrected chi connectivity index (χ2v) is 4.73. The average Bonchev–Trinajstić information content (AvgIpc) is 3.07. The van der Waals surface area contributed by atoms with Gasteiger partial charge < -0.3 is 19.2 Å². The summed E-state index contributed by atoms with van der Waals surface area (Å²) in [5.74, 6) is 1.85. The van der Waals surface area contributed by atoms with Crippen molar-refractivity contribution >= 4 is 12.0 Å². The molecule has 2 aromatic rings. The van der Waals surface area contributed by atoms with Gasteiger partial charge in [-0.1, -0.05) is 0 Å². The summed E-state index contributed by atoms with van der Waals surface area (Å²) in [4.78, 5) is 11.9. The van der Waals surface area contributed by atoms with Crippen LogP contribution in [-0.2, 0) is 4.79 Å². The van der Waals surface area contributed by atoms with Crippen molar-refractivity contribution in [3.63, 3.8) is 0 Å². The molecule has 22 heavy (non-hydrogen) atoms. The van der Waals surface area contributed by atoms with E-state index in [1.54, 1.807) is 38.7 Å². The molecule has 1 amide bonds. The lowest BCUT2D eigenvalue weighted by molar-refractivity contribution is -0.117. The molecular weight excluding hydrogens is 282 g/mol. The summed E-state index contributed by atoms with van der Waals surface area (Å²) >= 11 is 0. The summed E-state index contributed by atoms with van der Waals surface area (Å²) in [6, 6.07) is 8.84. The minimum Gasteiger partial charge on any atom is -0.497 e. The largest absolute Gasteiger partial charge is 0.497 e. The van der Waals surface area contributed by atoms with Crippen LogP contribution in [0.1, 0.15) is 24.3 Å². The maximum Gasteiger partial charge on any atom is 0.244 e. The Balaban J connectivity index is 2.03. The number of ether oxygens (including phenoxy) is 2. The van der Waals surface area contributed by atoms with Crippen molar-refractivity contribution in [2.75, 3.05) is 14.2 Å². The fraction of sp³-hybridized carbons (Fsp3) is 0.235. The SMILES string of the molecule is COc1cc(/C=C/C(=O)NC(C)c2ccco2)cc(OC)c1. The summed E-state index contributed by atoms with van der Waals surface area (Å²) < 4.78 is 15.6. The summed E-state index contributed by atoms with van der Waals surface area (Å²) in [5.41, 5.74) is 0.817. The number of hydrogen-bond acceptors (Lipinski definition) is 4. The van der Waals surface area contributed by atoms with Gasteiger partial charge in [0.2, 0.25) is 5.91 Å². The first-order chi connectivity index (χ1) is 10.6. The van der Waals surface area contributed by atoms with Crippen molar-refractivity contribution in [2.24, 2.45) is 0 Å². The molecule has 0 aliphatic carbocycles. The monoisotopic (exact) mass is 301 g/mol. The zero-order chi connectivity index (χ0) is 15.9. The van der Waals surface area contributed by atoms with E-state index in [2.05, 4.69) is 5.32 Å². The van der Waals surface area contributed by atoms with Crippen molar-refractivity contribution in [1.82, 2.24) is 5.32 Å². The van der Waals surface area contributed by atoms with E-state index in [4.69, 9.17) is 13.9 Å². The molecule has 116 valence electrons. The standard InChI is InChI=1S/C17H19NO4/c1-12(16-5-4-8-22-16)18-17(19)7-6-13-9-14(20-2)11-15(10-13)21-3/h4-12H,1-3H3,(H,18,19)/b7-6+. The highest BCUT2D eigenvalue weighted by molar-refractivity contribution is 5.92. The van der Waals surface area contributed by atoms with E-state index in [1.165, 1.54) is 6.08 Å². The lowest BCUT2D eigenvalue weighted by Gasteiger charge is -2.09. The second-order valence-electron chi connectivity index (χ2n) is 4.73. The third kappa shape index (κ3) is 4.15. The fourth-order valence-electron chi connectivity index (χ4n) is 1.97. The van der Waals surface area contributed by atoms with Gasteiger partial charge in [0.05, 0.1) is 26.5 Å². The van der Waals surface area contributed by atoms with Gasteiger partial charge in [0.15, 0.2) is 0 Å². The van der Waals surface area contributed by atoms with Crippen LogP contribution >= 0.6 is 0 Å².